The van der Waals surface area contributed by atoms with Gasteiger partial charge in [0.25, 0.3) is 0 Å². The highest BCUT2D eigenvalue weighted by molar-refractivity contribution is 5.02. The van der Waals surface area contributed by atoms with Gasteiger partial charge in [0.05, 0.1) is 0 Å². The zero-order chi connectivity index (χ0) is 8.77. The highest BCUT2D eigenvalue weighted by Gasteiger charge is 2.53. The summed E-state index contributed by atoms with van der Waals surface area (Å²) in [5, 5.41) is 0. The minimum Gasteiger partial charge on any atom is -0.0651 e. The first-order chi connectivity index (χ1) is 5.70. The van der Waals surface area contributed by atoms with Crippen molar-refractivity contribution in [1.29, 1.82) is 0 Å². The van der Waals surface area contributed by atoms with Gasteiger partial charge in [-0.15, -0.1) is 0 Å². The summed E-state index contributed by atoms with van der Waals surface area (Å²) in [4.78, 5) is 0. The Kier molecular flexibility index (Phi) is 1.97. The van der Waals surface area contributed by atoms with Crippen LogP contribution in [0.15, 0.2) is 0 Å². The molecule has 1 spiro atoms. The number of rotatable bonds is 1. The van der Waals surface area contributed by atoms with Gasteiger partial charge in [0, 0.05) is 0 Å². The van der Waals surface area contributed by atoms with Crippen molar-refractivity contribution in [2.24, 2.45) is 23.2 Å². The Hall–Kier alpha value is 0. The molecular formula is C12H22. The monoisotopic (exact) mass is 166 g/mol. The minimum absolute atomic E-state index is 0.814. The zero-order valence-electron chi connectivity index (χ0n) is 8.77. The molecule has 0 radical (unpaired) electrons. The van der Waals surface area contributed by atoms with Gasteiger partial charge in [-0.05, 0) is 42.4 Å². The van der Waals surface area contributed by atoms with Crippen LogP contribution in [0, 0.1) is 23.2 Å². The lowest BCUT2D eigenvalue weighted by Gasteiger charge is -2.47. The van der Waals surface area contributed by atoms with Crippen LogP contribution in [0.5, 0.6) is 0 Å². The van der Waals surface area contributed by atoms with Crippen molar-refractivity contribution in [3.63, 3.8) is 0 Å². The largest absolute Gasteiger partial charge is 0.0651 e. The Balaban J connectivity index is 2.17. The molecule has 0 saturated heterocycles. The average Bonchev–Trinajstić information content (AvgIpc) is 2.23. The van der Waals surface area contributed by atoms with Crippen molar-refractivity contribution in [3.05, 3.63) is 0 Å². The fourth-order valence-electron chi connectivity index (χ4n) is 3.85. The van der Waals surface area contributed by atoms with Crippen LogP contribution < -0.4 is 0 Å². The zero-order valence-corrected chi connectivity index (χ0v) is 8.77. The van der Waals surface area contributed by atoms with Gasteiger partial charge >= 0.3 is 0 Å². The van der Waals surface area contributed by atoms with Crippen LogP contribution in [-0.4, -0.2) is 0 Å². The first kappa shape index (κ1) is 8.59. The van der Waals surface area contributed by atoms with Crippen molar-refractivity contribution >= 4 is 0 Å². The van der Waals surface area contributed by atoms with Crippen LogP contribution in [0.1, 0.15) is 52.9 Å². The van der Waals surface area contributed by atoms with Gasteiger partial charge in [-0.1, -0.05) is 33.6 Å². The summed E-state index contributed by atoms with van der Waals surface area (Å²) < 4.78 is 0. The van der Waals surface area contributed by atoms with E-state index in [0.29, 0.717) is 0 Å². The minimum atomic E-state index is 0.814. The maximum absolute atomic E-state index is 2.50. The molecule has 0 amide bonds. The van der Waals surface area contributed by atoms with E-state index < -0.39 is 0 Å². The predicted octanol–water partition coefficient (Wildman–Crippen LogP) is 3.86. The molecule has 0 heterocycles. The second-order valence-electron chi connectivity index (χ2n) is 5.19. The van der Waals surface area contributed by atoms with Crippen molar-refractivity contribution in [1.82, 2.24) is 0 Å². The standard InChI is InChI=1S/C12H22/c1-4-11-8-9(2)10(3)12(11)6-5-7-12/h9-11H,4-8H2,1-3H3. The van der Waals surface area contributed by atoms with Crippen LogP contribution in [0.2, 0.25) is 0 Å². The predicted molar refractivity (Wildman–Crippen MR) is 53.0 cm³/mol. The van der Waals surface area contributed by atoms with Gasteiger partial charge < -0.3 is 0 Å². The summed E-state index contributed by atoms with van der Waals surface area (Å²) in [5.74, 6) is 3.07. The topological polar surface area (TPSA) is 0 Å². The lowest BCUT2D eigenvalue weighted by Crippen LogP contribution is -2.38. The van der Waals surface area contributed by atoms with E-state index in [4.69, 9.17) is 0 Å². The van der Waals surface area contributed by atoms with Gasteiger partial charge in [0.2, 0.25) is 0 Å². The summed E-state index contributed by atoms with van der Waals surface area (Å²) in [5.41, 5.74) is 0.814. The second-order valence-corrected chi connectivity index (χ2v) is 5.19. The maximum atomic E-state index is 2.50. The smallest absolute Gasteiger partial charge is 0.0241 e. The van der Waals surface area contributed by atoms with E-state index in [1.807, 2.05) is 0 Å². The average molecular weight is 166 g/mol. The first-order valence-electron chi connectivity index (χ1n) is 5.70. The van der Waals surface area contributed by atoms with E-state index in [1.54, 1.807) is 0 Å². The molecule has 2 saturated carbocycles. The lowest BCUT2D eigenvalue weighted by atomic mass is 9.58. The van der Waals surface area contributed by atoms with Crippen LogP contribution in [-0.2, 0) is 0 Å². The summed E-state index contributed by atoms with van der Waals surface area (Å²) in [6, 6.07) is 0. The summed E-state index contributed by atoms with van der Waals surface area (Å²) in [6.07, 6.45) is 7.52. The van der Waals surface area contributed by atoms with Crippen molar-refractivity contribution < 1.29 is 0 Å². The number of hydrogen-bond donors (Lipinski definition) is 0. The molecule has 2 fully saturated rings. The van der Waals surface area contributed by atoms with E-state index in [1.165, 1.54) is 32.1 Å². The van der Waals surface area contributed by atoms with Crippen molar-refractivity contribution in [2.75, 3.05) is 0 Å². The Morgan fingerprint density at radius 3 is 2.25 bits per heavy atom. The third-order valence-corrected chi connectivity index (χ3v) is 5.01. The highest BCUT2D eigenvalue weighted by Crippen LogP contribution is 2.62. The molecule has 2 aliphatic rings. The van der Waals surface area contributed by atoms with Gasteiger partial charge in [-0.25, -0.2) is 0 Å². The Morgan fingerprint density at radius 2 is 1.92 bits per heavy atom. The fraction of sp³-hybridized carbons (Fsp3) is 1.00. The van der Waals surface area contributed by atoms with E-state index in [2.05, 4.69) is 20.8 Å². The fourth-order valence-corrected chi connectivity index (χ4v) is 3.85. The van der Waals surface area contributed by atoms with Crippen LogP contribution in [0.3, 0.4) is 0 Å². The van der Waals surface area contributed by atoms with Gasteiger partial charge in [-0.3, -0.25) is 0 Å². The SMILES string of the molecule is CCC1CC(C)C(C)C12CCC2. The molecule has 3 atom stereocenters. The molecule has 2 aliphatic carbocycles. The molecule has 0 aromatic heterocycles. The van der Waals surface area contributed by atoms with Gasteiger partial charge in [0.15, 0.2) is 0 Å². The molecule has 3 unspecified atom stereocenters. The molecule has 2 rings (SSSR count). The third kappa shape index (κ3) is 0.900. The summed E-state index contributed by atoms with van der Waals surface area (Å²) in [6.45, 7) is 7.34. The molecule has 0 aromatic rings. The molecule has 0 bridgehead atoms. The van der Waals surface area contributed by atoms with E-state index in [0.717, 1.165) is 23.2 Å². The Bertz CT molecular complexity index is 167. The molecule has 0 N–H and O–H groups in total. The summed E-state index contributed by atoms with van der Waals surface area (Å²) in [7, 11) is 0. The first-order valence-corrected chi connectivity index (χ1v) is 5.70. The quantitative estimate of drug-likeness (QED) is 0.555. The Labute approximate surface area is 76.7 Å². The molecule has 0 nitrogen and oxygen atoms in total. The molecule has 0 heteroatoms. The van der Waals surface area contributed by atoms with Crippen LogP contribution in [0.4, 0.5) is 0 Å². The maximum Gasteiger partial charge on any atom is -0.0241 e. The second kappa shape index (κ2) is 2.75. The van der Waals surface area contributed by atoms with E-state index in [-0.39, 0.29) is 0 Å². The van der Waals surface area contributed by atoms with Crippen molar-refractivity contribution in [3.8, 4) is 0 Å². The molecule has 0 aromatic carbocycles. The number of hydrogen-bond acceptors (Lipinski definition) is 0. The van der Waals surface area contributed by atoms with E-state index in [9.17, 15) is 0 Å². The van der Waals surface area contributed by atoms with Crippen LogP contribution in [0.25, 0.3) is 0 Å². The normalized spacial score (nSPS) is 44.8. The van der Waals surface area contributed by atoms with Gasteiger partial charge in [0.1, 0.15) is 0 Å². The third-order valence-electron chi connectivity index (χ3n) is 5.01. The lowest BCUT2D eigenvalue weighted by molar-refractivity contribution is 0.0266. The molecule has 12 heavy (non-hydrogen) atoms. The summed E-state index contributed by atoms with van der Waals surface area (Å²) >= 11 is 0. The highest BCUT2D eigenvalue weighted by atomic mass is 14.6. The molecule has 70 valence electrons. The van der Waals surface area contributed by atoms with Crippen molar-refractivity contribution in [2.45, 2.75) is 52.9 Å². The Morgan fingerprint density at radius 1 is 1.25 bits per heavy atom. The van der Waals surface area contributed by atoms with Gasteiger partial charge in [-0.2, -0.15) is 0 Å². The van der Waals surface area contributed by atoms with Crippen LogP contribution >= 0.6 is 0 Å². The van der Waals surface area contributed by atoms with E-state index >= 15 is 0 Å². The molecule has 0 aliphatic heterocycles. The molecular weight excluding hydrogens is 144 g/mol.